The third-order valence-electron chi connectivity index (χ3n) is 2.76. The molecule has 0 heterocycles. The minimum atomic E-state index is -0.524. The van der Waals surface area contributed by atoms with Crippen LogP contribution in [0.5, 0.6) is 5.75 Å². The van der Waals surface area contributed by atoms with E-state index < -0.39 is 6.04 Å². The fraction of sp³-hybridized carbons (Fsp3) is 0.417. The summed E-state index contributed by atoms with van der Waals surface area (Å²) < 4.78 is 0. The Morgan fingerprint density at radius 2 is 2.00 bits per heavy atom. The number of rotatable bonds is 5. The SMILES string of the molecule is CCC(C)[C@H](N)C(=O)NNc1ccc(O)cc1. The monoisotopic (exact) mass is 237 g/mol. The number of phenolic OH excluding ortho intramolecular Hbond substituents is 1. The first kappa shape index (κ1) is 13.3. The van der Waals surface area contributed by atoms with Gasteiger partial charge in [-0.2, -0.15) is 0 Å². The van der Waals surface area contributed by atoms with Crippen molar-refractivity contribution in [3.8, 4) is 5.75 Å². The number of carbonyl (C=O) groups is 1. The van der Waals surface area contributed by atoms with Crippen LogP contribution in [0, 0.1) is 5.92 Å². The van der Waals surface area contributed by atoms with Gasteiger partial charge >= 0.3 is 0 Å². The molecular weight excluding hydrogens is 218 g/mol. The van der Waals surface area contributed by atoms with Crippen molar-refractivity contribution < 1.29 is 9.90 Å². The molecule has 0 radical (unpaired) electrons. The number of hydrazine groups is 1. The minimum Gasteiger partial charge on any atom is -0.508 e. The predicted molar refractivity (Wildman–Crippen MR) is 67.3 cm³/mol. The van der Waals surface area contributed by atoms with E-state index in [1.165, 1.54) is 12.1 Å². The average molecular weight is 237 g/mol. The molecule has 0 bridgehead atoms. The van der Waals surface area contributed by atoms with Gasteiger partial charge in [0.1, 0.15) is 5.75 Å². The number of phenols is 1. The molecule has 5 heteroatoms. The second-order valence-electron chi connectivity index (χ2n) is 4.07. The van der Waals surface area contributed by atoms with Crippen LogP contribution in [0.25, 0.3) is 0 Å². The van der Waals surface area contributed by atoms with E-state index in [0.717, 1.165) is 6.42 Å². The van der Waals surface area contributed by atoms with E-state index in [2.05, 4.69) is 10.9 Å². The van der Waals surface area contributed by atoms with Crippen LogP contribution in [0.2, 0.25) is 0 Å². The van der Waals surface area contributed by atoms with Crippen LogP contribution >= 0.6 is 0 Å². The zero-order valence-corrected chi connectivity index (χ0v) is 10.1. The fourth-order valence-electron chi connectivity index (χ4n) is 1.27. The van der Waals surface area contributed by atoms with Crippen LogP contribution in [-0.4, -0.2) is 17.1 Å². The number of nitrogens with two attached hydrogens (primary N) is 1. The van der Waals surface area contributed by atoms with Crippen LogP contribution < -0.4 is 16.6 Å². The molecule has 5 N–H and O–H groups in total. The van der Waals surface area contributed by atoms with Crippen molar-refractivity contribution in [1.29, 1.82) is 0 Å². The molecule has 0 saturated heterocycles. The van der Waals surface area contributed by atoms with Crippen LogP contribution in [0.4, 0.5) is 5.69 Å². The summed E-state index contributed by atoms with van der Waals surface area (Å²) in [5.41, 5.74) is 11.7. The third-order valence-corrected chi connectivity index (χ3v) is 2.76. The maximum absolute atomic E-state index is 11.6. The van der Waals surface area contributed by atoms with Gasteiger partial charge in [0.25, 0.3) is 5.91 Å². The number of carbonyl (C=O) groups excluding carboxylic acids is 1. The topological polar surface area (TPSA) is 87.4 Å². The molecule has 0 aliphatic rings. The van der Waals surface area contributed by atoms with Gasteiger partial charge in [-0.15, -0.1) is 0 Å². The lowest BCUT2D eigenvalue weighted by molar-refractivity contribution is -0.122. The first-order valence-electron chi connectivity index (χ1n) is 5.65. The zero-order valence-electron chi connectivity index (χ0n) is 10.1. The summed E-state index contributed by atoms with van der Waals surface area (Å²) in [5.74, 6) is 0.0715. The highest BCUT2D eigenvalue weighted by Crippen LogP contribution is 2.12. The van der Waals surface area contributed by atoms with Gasteiger partial charge in [0.15, 0.2) is 0 Å². The maximum Gasteiger partial charge on any atom is 0.255 e. The lowest BCUT2D eigenvalue weighted by Crippen LogP contribution is -2.46. The zero-order chi connectivity index (χ0) is 12.8. The van der Waals surface area contributed by atoms with Crippen molar-refractivity contribution in [2.75, 3.05) is 5.43 Å². The number of hydrogen-bond donors (Lipinski definition) is 4. The Morgan fingerprint density at radius 1 is 1.41 bits per heavy atom. The first-order chi connectivity index (χ1) is 8.04. The minimum absolute atomic E-state index is 0.136. The Morgan fingerprint density at radius 3 is 2.53 bits per heavy atom. The quantitative estimate of drug-likeness (QED) is 0.458. The van der Waals surface area contributed by atoms with Crippen LogP contribution in [0.1, 0.15) is 20.3 Å². The molecule has 1 aromatic rings. The smallest absolute Gasteiger partial charge is 0.255 e. The lowest BCUT2D eigenvalue weighted by Gasteiger charge is -2.18. The van der Waals surface area contributed by atoms with E-state index in [9.17, 15) is 4.79 Å². The molecule has 1 unspecified atom stereocenters. The Hall–Kier alpha value is -1.75. The van der Waals surface area contributed by atoms with Gasteiger partial charge in [0, 0.05) is 0 Å². The van der Waals surface area contributed by atoms with Crippen molar-refractivity contribution in [3.05, 3.63) is 24.3 Å². The third kappa shape index (κ3) is 3.96. The first-order valence-corrected chi connectivity index (χ1v) is 5.65. The van der Waals surface area contributed by atoms with Crippen LogP contribution in [0.15, 0.2) is 24.3 Å². The van der Waals surface area contributed by atoms with E-state index in [0.29, 0.717) is 5.69 Å². The molecule has 1 rings (SSSR count). The molecule has 94 valence electrons. The molecule has 5 nitrogen and oxygen atoms in total. The number of nitrogens with one attached hydrogen (secondary N) is 2. The van der Waals surface area contributed by atoms with Crippen molar-refractivity contribution in [2.45, 2.75) is 26.3 Å². The molecule has 2 atom stereocenters. The van der Waals surface area contributed by atoms with E-state index in [4.69, 9.17) is 10.8 Å². The molecule has 0 fully saturated rings. The summed E-state index contributed by atoms with van der Waals surface area (Å²) in [6, 6.07) is 5.85. The van der Waals surface area contributed by atoms with E-state index in [-0.39, 0.29) is 17.6 Å². The van der Waals surface area contributed by atoms with Gasteiger partial charge in [-0.1, -0.05) is 20.3 Å². The molecule has 0 saturated carbocycles. The standard InChI is InChI=1S/C12H19N3O2/c1-3-8(2)11(13)12(17)15-14-9-4-6-10(16)7-5-9/h4-8,11,14,16H,3,13H2,1-2H3,(H,15,17)/t8?,11-/m0/s1. The Labute approximate surface area is 101 Å². The van der Waals surface area contributed by atoms with Gasteiger partial charge in [0.05, 0.1) is 11.7 Å². The largest absolute Gasteiger partial charge is 0.508 e. The number of amides is 1. The normalized spacial score (nSPS) is 13.8. The summed E-state index contributed by atoms with van der Waals surface area (Å²) in [7, 11) is 0. The van der Waals surface area contributed by atoms with Crippen molar-refractivity contribution >= 4 is 11.6 Å². The number of hydrogen-bond acceptors (Lipinski definition) is 4. The van der Waals surface area contributed by atoms with Gasteiger partial charge in [0.2, 0.25) is 0 Å². The fourth-order valence-corrected chi connectivity index (χ4v) is 1.27. The van der Waals surface area contributed by atoms with Crippen LogP contribution in [0.3, 0.4) is 0 Å². The number of benzene rings is 1. The van der Waals surface area contributed by atoms with Crippen molar-refractivity contribution in [2.24, 2.45) is 11.7 Å². The molecule has 0 aromatic heterocycles. The van der Waals surface area contributed by atoms with Gasteiger partial charge in [-0.05, 0) is 30.2 Å². The average Bonchev–Trinajstić information content (AvgIpc) is 2.35. The summed E-state index contributed by atoms with van der Waals surface area (Å²) in [6.45, 7) is 3.93. The molecule has 0 aliphatic carbocycles. The Bertz CT molecular complexity index is 365. The van der Waals surface area contributed by atoms with Crippen molar-refractivity contribution in [3.63, 3.8) is 0 Å². The van der Waals surface area contributed by atoms with Crippen LogP contribution in [-0.2, 0) is 4.79 Å². The van der Waals surface area contributed by atoms with E-state index in [1.807, 2.05) is 13.8 Å². The molecule has 1 amide bonds. The van der Waals surface area contributed by atoms with Gasteiger partial charge in [-0.25, -0.2) is 0 Å². The Balaban J connectivity index is 2.45. The second-order valence-corrected chi connectivity index (χ2v) is 4.07. The number of anilines is 1. The summed E-state index contributed by atoms with van der Waals surface area (Å²) in [6.07, 6.45) is 0.855. The molecule has 17 heavy (non-hydrogen) atoms. The summed E-state index contributed by atoms with van der Waals surface area (Å²) in [5, 5.41) is 9.09. The molecule has 0 aliphatic heterocycles. The lowest BCUT2D eigenvalue weighted by atomic mass is 10.00. The Kier molecular flexibility index (Phi) is 4.78. The summed E-state index contributed by atoms with van der Waals surface area (Å²) >= 11 is 0. The summed E-state index contributed by atoms with van der Waals surface area (Å²) in [4.78, 5) is 11.6. The maximum atomic E-state index is 11.6. The van der Waals surface area contributed by atoms with Gasteiger partial charge in [-0.3, -0.25) is 15.6 Å². The van der Waals surface area contributed by atoms with Crippen molar-refractivity contribution in [1.82, 2.24) is 5.43 Å². The highest BCUT2D eigenvalue weighted by molar-refractivity contribution is 5.82. The van der Waals surface area contributed by atoms with E-state index >= 15 is 0 Å². The highest BCUT2D eigenvalue weighted by atomic mass is 16.3. The number of aromatic hydroxyl groups is 1. The predicted octanol–water partition coefficient (Wildman–Crippen LogP) is 1.21. The molecular formula is C12H19N3O2. The van der Waals surface area contributed by atoms with E-state index in [1.54, 1.807) is 12.1 Å². The second kappa shape index (κ2) is 6.10. The van der Waals surface area contributed by atoms with Gasteiger partial charge < -0.3 is 10.8 Å². The molecule has 0 spiro atoms. The highest BCUT2D eigenvalue weighted by Gasteiger charge is 2.18. The molecule has 1 aromatic carbocycles.